The van der Waals surface area contributed by atoms with Crippen molar-refractivity contribution in [3.05, 3.63) is 12.2 Å². The van der Waals surface area contributed by atoms with Crippen molar-refractivity contribution in [1.82, 2.24) is 20.1 Å². The van der Waals surface area contributed by atoms with Crippen LogP contribution >= 0.6 is 0 Å². The van der Waals surface area contributed by atoms with Crippen LogP contribution in [0.25, 0.3) is 0 Å². The van der Waals surface area contributed by atoms with E-state index in [0.717, 1.165) is 18.8 Å². The normalized spacial score (nSPS) is 14.4. The topological polar surface area (TPSA) is 85.8 Å². The summed E-state index contributed by atoms with van der Waals surface area (Å²) in [6.07, 6.45) is 2.54. The van der Waals surface area contributed by atoms with Crippen molar-refractivity contribution in [2.24, 2.45) is 11.7 Å². The number of carbonyl (C=O) groups excluding carboxylic acids is 1. The quantitative estimate of drug-likeness (QED) is 0.747. The molecule has 96 valence electrons. The second-order valence-corrected chi connectivity index (χ2v) is 4.16. The van der Waals surface area contributed by atoms with Crippen LogP contribution < -0.4 is 11.1 Å². The summed E-state index contributed by atoms with van der Waals surface area (Å²) in [5, 5.41) is 10.5. The van der Waals surface area contributed by atoms with Gasteiger partial charge in [0.25, 0.3) is 0 Å². The van der Waals surface area contributed by atoms with E-state index in [1.807, 2.05) is 25.3 Å². The molecule has 6 heteroatoms. The monoisotopic (exact) mass is 239 g/mol. The van der Waals surface area contributed by atoms with Gasteiger partial charge in [-0.1, -0.05) is 20.3 Å². The van der Waals surface area contributed by atoms with Gasteiger partial charge in [0, 0.05) is 6.54 Å². The maximum atomic E-state index is 11.7. The van der Waals surface area contributed by atoms with E-state index in [2.05, 4.69) is 15.5 Å². The standard InChI is InChI=1S/C11H21N5O/c1-4-8(3)10(12)11(17)13-6-9-15-14-7-16(9)5-2/h7-8,10H,4-6,12H2,1-3H3,(H,13,17)/t8-,10-/m0/s1. The number of carbonyl (C=O) groups is 1. The van der Waals surface area contributed by atoms with Crippen LogP contribution in [0.1, 0.15) is 33.0 Å². The minimum atomic E-state index is -0.460. The molecule has 0 aliphatic carbocycles. The van der Waals surface area contributed by atoms with E-state index in [4.69, 9.17) is 5.73 Å². The molecule has 3 N–H and O–H groups in total. The zero-order chi connectivity index (χ0) is 12.8. The number of nitrogens with one attached hydrogen (secondary N) is 1. The lowest BCUT2D eigenvalue weighted by Crippen LogP contribution is -2.44. The first-order valence-electron chi connectivity index (χ1n) is 6.00. The Balaban J connectivity index is 2.48. The Morgan fingerprint density at radius 2 is 2.29 bits per heavy atom. The highest BCUT2D eigenvalue weighted by atomic mass is 16.2. The zero-order valence-corrected chi connectivity index (χ0v) is 10.7. The van der Waals surface area contributed by atoms with Crippen molar-refractivity contribution in [2.75, 3.05) is 0 Å². The van der Waals surface area contributed by atoms with E-state index in [9.17, 15) is 4.79 Å². The average Bonchev–Trinajstić information content (AvgIpc) is 2.81. The van der Waals surface area contributed by atoms with Crippen molar-refractivity contribution in [1.29, 1.82) is 0 Å². The van der Waals surface area contributed by atoms with E-state index in [1.165, 1.54) is 0 Å². The van der Waals surface area contributed by atoms with Gasteiger partial charge in [0.2, 0.25) is 5.91 Å². The van der Waals surface area contributed by atoms with Crippen molar-refractivity contribution < 1.29 is 4.79 Å². The van der Waals surface area contributed by atoms with Gasteiger partial charge in [-0.05, 0) is 12.8 Å². The first-order valence-corrected chi connectivity index (χ1v) is 6.00. The molecule has 0 fully saturated rings. The molecule has 0 spiro atoms. The van der Waals surface area contributed by atoms with E-state index < -0.39 is 6.04 Å². The molecule has 0 saturated heterocycles. The maximum absolute atomic E-state index is 11.7. The highest BCUT2D eigenvalue weighted by molar-refractivity contribution is 5.81. The maximum Gasteiger partial charge on any atom is 0.237 e. The molecule has 1 aromatic heterocycles. The second kappa shape index (κ2) is 6.34. The Morgan fingerprint density at radius 3 is 2.88 bits per heavy atom. The van der Waals surface area contributed by atoms with Gasteiger partial charge in [-0.2, -0.15) is 0 Å². The first-order chi connectivity index (χ1) is 8.10. The number of nitrogens with two attached hydrogens (primary N) is 1. The van der Waals surface area contributed by atoms with E-state index in [-0.39, 0.29) is 11.8 Å². The van der Waals surface area contributed by atoms with E-state index >= 15 is 0 Å². The Labute approximate surface area is 102 Å². The molecule has 17 heavy (non-hydrogen) atoms. The van der Waals surface area contributed by atoms with Crippen LogP contribution in [0, 0.1) is 5.92 Å². The molecule has 2 atom stereocenters. The molecule has 1 aromatic rings. The third-order valence-electron chi connectivity index (χ3n) is 3.02. The molecular formula is C11H21N5O. The summed E-state index contributed by atoms with van der Waals surface area (Å²) >= 11 is 0. The summed E-state index contributed by atoms with van der Waals surface area (Å²) in [4.78, 5) is 11.7. The molecule has 0 radical (unpaired) electrons. The molecule has 0 unspecified atom stereocenters. The lowest BCUT2D eigenvalue weighted by Gasteiger charge is -2.17. The number of hydrogen-bond donors (Lipinski definition) is 2. The van der Waals surface area contributed by atoms with Crippen molar-refractivity contribution in [3.63, 3.8) is 0 Å². The molecule has 0 bridgehead atoms. The fourth-order valence-corrected chi connectivity index (χ4v) is 1.48. The molecule has 6 nitrogen and oxygen atoms in total. The van der Waals surface area contributed by atoms with Crippen LogP contribution in [0.5, 0.6) is 0 Å². The Kier molecular flexibility index (Phi) is 5.09. The van der Waals surface area contributed by atoms with Crippen molar-refractivity contribution in [3.8, 4) is 0 Å². The molecule has 1 rings (SSSR count). The fourth-order valence-electron chi connectivity index (χ4n) is 1.48. The summed E-state index contributed by atoms with van der Waals surface area (Å²) in [6.45, 7) is 7.15. The van der Waals surface area contributed by atoms with Gasteiger partial charge in [0.1, 0.15) is 6.33 Å². The minimum absolute atomic E-state index is 0.134. The smallest absolute Gasteiger partial charge is 0.237 e. The Morgan fingerprint density at radius 1 is 1.59 bits per heavy atom. The molecule has 0 aliphatic rings. The average molecular weight is 239 g/mol. The molecule has 1 heterocycles. The number of nitrogens with zero attached hydrogens (tertiary/aromatic N) is 3. The highest BCUT2D eigenvalue weighted by Gasteiger charge is 2.19. The molecule has 0 aromatic carbocycles. The summed E-state index contributed by atoms with van der Waals surface area (Å²) in [5.41, 5.74) is 5.83. The predicted octanol–water partition coefficient (Wildman–Crippen LogP) is 0.288. The van der Waals surface area contributed by atoms with Crippen molar-refractivity contribution in [2.45, 2.75) is 46.3 Å². The Hall–Kier alpha value is -1.43. The van der Waals surface area contributed by atoms with Crippen molar-refractivity contribution >= 4 is 5.91 Å². The summed E-state index contributed by atoms with van der Waals surface area (Å²) in [7, 11) is 0. The van der Waals surface area contributed by atoms with Gasteiger partial charge in [-0.3, -0.25) is 4.79 Å². The van der Waals surface area contributed by atoms with E-state index in [0.29, 0.717) is 6.54 Å². The molecule has 0 aliphatic heterocycles. The van der Waals surface area contributed by atoms with Crippen LogP contribution in [0.15, 0.2) is 6.33 Å². The first kappa shape index (κ1) is 13.6. The Bertz CT molecular complexity index is 362. The SMILES string of the molecule is CC[C@H](C)[C@H](N)C(=O)NCc1nncn1CC. The van der Waals surface area contributed by atoms with Gasteiger partial charge < -0.3 is 15.6 Å². The summed E-state index contributed by atoms with van der Waals surface area (Å²) in [6, 6.07) is -0.460. The van der Waals surface area contributed by atoms with Crippen LogP contribution in [-0.4, -0.2) is 26.7 Å². The number of hydrogen-bond acceptors (Lipinski definition) is 4. The van der Waals surface area contributed by atoms with E-state index in [1.54, 1.807) is 6.33 Å². The number of aromatic nitrogens is 3. The third kappa shape index (κ3) is 3.52. The summed E-state index contributed by atoms with van der Waals surface area (Å²) in [5.74, 6) is 0.793. The van der Waals surface area contributed by atoms with Gasteiger partial charge >= 0.3 is 0 Å². The van der Waals surface area contributed by atoms with Gasteiger partial charge in [0.05, 0.1) is 12.6 Å². The lowest BCUT2D eigenvalue weighted by atomic mass is 9.99. The van der Waals surface area contributed by atoms with Gasteiger partial charge in [-0.25, -0.2) is 0 Å². The highest BCUT2D eigenvalue weighted by Crippen LogP contribution is 2.05. The summed E-state index contributed by atoms with van der Waals surface area (Å²) < 4.78 is 1.88. The fraction of sp³-hybridized carbons (Fsp3) is 0.727. The van der Waals surface area contributed by atoms with Crippen LogP contribution in [-0.2, 0) is 17.9 Å². The van der Waals surface area contributed by atoms with Crippen LogP contribution in [0.3, 0.4) is 0 Å². The molecule has 0 saturated carbocycles. The molecule has 1 amide bonds. The number of rotatable bonds is 6. The number of amides is 1. The third-order valence-corrected chi connectivity index (χ3v) is 3.02. The second-order valence-electron chi connectivity index (χ2n) is 4.16. The predicted molar refractivity (Wildman–Crippen MR) is 65.0 cm³/mol. The van der Waals surface area contributed by atoms with Crippen LogP contribution in [0.4, 0.5) is 0 Å². The van der Waals surface area contributed by atoms with Crippen LogP contribution in [0.2, 0.25) is 0 Å². The number of aryl methyl sites for hydroxylation is 1. The largest absolute Gasteiger partial charge is 0.347 e. The molecular weight excluding hydrogens is 218 g/mol. The lowest BCUT2D eigenvalue weighted by molar-refractivity contribution is -0.123. The zero-order valence-electron chi connectivity index (χ0n) is 10.7. The van der Waals surface area contributed by atoms with Gasteiger partial charge in [0.15, 0.2) is 5.82 Å². The minimum Gasteiger partial charge on any atom is -0.347 e. The van der Waals surface area contributed by atoms with Gasteiger partial charge in [-0.15, -0.1) is 10.2 Å².